The van der Waals surface area contributed by atoms with E-state index in [1.807, 2.05) is 42.6 Å². The van der Waals surface area contributed by atoms with Crippen LogP contribution < -0.4 is 15.4 Å². The minimum Gasteiger partial charge on any atom is -0.437 e. The number of hydrogen-bond donors (Lipinski definition) is 2. The first-order valence-corrected chi connectivity index (χ1v) is 9.24. The molecule has 3 aromatic heterocycles. The summed E-state index contributed by atoms with van der Waals surface area (Å²) in [5.41, 5.74) is 2.37. The average molecular weight is 366 g/mol. The molecule has 0 saturated carbocycles. The van der Waals surface area contributed by atoms with E-state index in [0.717, 1.165) is 47.7 Å². The van der Waals surface area contributed by atoms with Crippen molar-refractivity contribution in [1.82, 2.24) is 20.3 Å². The van der Waals surface area contributed by atoms with Gasteiger partial charge in [0, 0.05) is 30.7 Å². The molecule has 2 N–H and O–H groups in total. The zero-order valence-electron chi connectivity index (χ0n) is 14.3. The number of ether oxygens (including phenoxy) is 1. The third-order valence-corrected chi connectivity index (χ3v) is 4.54. The number of nitrogens with zero attached hydrogens (tertiary/aromatic N) is 4. The van der Waals surface area contributed by atoms with E-state index in [1.165, 1.54) is 11.3 Å². The summed E-state index contributed by atoms with van der Waals surface area (Å²) in [6.45, 7) is 3.67. The lowest BCUT2D eigenvalue weighted by Crippen LogP contribution is -2.35. The van der Waals surface area contributed by atoms with Crippen molar-refractivity contribution in [3.8, 4) is 23.0 Å². The third-order valence-electron chi connectivity index (χ3n) is 3.79. The first-order chi connectivity index (χ1) is 12.8. The first-order valence-electron chi connectivity index (χ1n) is 8.36. The van der Waals surface area contributed by atoms with Crippen molar-refractivity contribution in [2.45, 2.75) is 13.3 Å². The molecule has 4 rings (SSSR count). The van der Waals surface area contributed by atoms with Crippen LogP contribution in [0.2, 0.25) is 0 Å². The Balaban J connectivity index is 1.51. The molecule has 0 radical (unpaired) electrons. The van der Waals surface area contributed by atoms with Gasteiger partial charge in [0.2, 0.25) is 5.88 Å². The summed E-state index contributed by atoms with van der Waals surface area (Å²) in [4.78, 5) is 17.8. The zero-order valence-corrected chi connectivity index (χ0v) is 15.1. The van der Waals surface area contributed by atoms with Crippen LogP contribution in [0.5, 0.6) is 11.6 Å². The Morgan fingerprint density at radius 1 is 1.15 bits per heavy atom. The molecule has 132 valence electrons. The number of nitrogens with one attached hydrogen (secondary N) is 2. The Labute approximate surface area is 155 Å². The Hall–Kier alpha value is -3.00. The largest absolute Gasteiger partial charge is 0.437 e. The van der Waals surface area contributed by atoms with Crippen LogP contribution in [0.4, 0.5) is 5.13 Å². The Bertz CT molecular complexity index is 939. The number of guanidine groups is 1. The van der Waals surface area contributed by atoms with Crippen molar-refractivity contribution >= 4 is 22.4 Å². The van der Waals surface area contributed by atoms with Crippen LogP contribution >= 0.6 is 11.3 Å². The molecule has 3 aromatic rings. The van der Waals surface area contributed by atoms with Crippen molar-refractivity contribution < 1.29 is 4.74 Å². The molecule has 1 aliphatic heterocycles. The zero-order chi connectivity index (χ0) is 17.8. The van der Waals surface area contributed by atoms with E-state index in [4.69, 9.17) is 4.74 Å². The van der Waals surface area contributed by atoms with E-state index in [0.29, 0.717) is 11.6 Å². The summed E-state index contributed by atoms with van der Waals surface area (Å²) < 4.78 is 5.86. The van der Waals surface area contributed by atoms with Gasteiger partial charge in [-0.2, -0.15) is 0 Å². The van der Waals surface area contributed by atoms with Gasteiger partial charge < -0.3 is 15.4 Å². The number of rotatable bonds is 4. The van der Waals surface area contributed by atoms with Gasteiger partial charge in [0.1, 0.15) is 5.69 Å². The molecule has 7 nitrogen and oxygen atoms in total. The lowest BCUT2D eigenvalue weighted by atomic mass is 10.3. The highest BCUT2D eigenvalue weighted by Gasteiger charge is 2.11. The summed E-state index contributed by atoms with van der Waals surface area (Å²) in [5, 5.41) is 9.18. The molecular formula is C18H18N6OS. The Morgan fingerprint density at radius 2 is 2.12 bits per heavy atom. The fraction of sp³-hybridized carbons (Fsp3) is 0.222. The minimum absolute atomic E-state index is 0.513. The molecule has 0 fully saturated rings. The second kappa shape index (κ2) is 7.49. The van der Waals surface area contributed by atoms with Crippen LogP contribution in [-0.4, -0.2) is 34.0 Å². The molecule has 0 amide bonds. The molecule has 0 saturated heterocycles. The summed E-state index contributed by atoms with van der Waals surface area (Å²) in [6, 6.07) is 9.36. The minimum atomic E-state index is 0.513. The molecule has 0 unspecified atom stereocenters. The van der Waals surface area contributed by atoms with Crippen LogP contribution in [0, 0.1) is 6.92 Å². The normalized spacial score (nSPS) is 13.7. The van der Waals surface area contributed by atoms with Crippen LogP contribution in [0.15, 0.2) is 46.9 Å². The molecule has 0 atom stereocenters. The van der Waals surface area contributed by atoms with E-state index < -0.39 is 0 Å². The van der Waals surface area contributed by atoms with Gasteiger partial charge in [0.25, 0.3) is 0 Å². The van der Waals surface area contributed by atoms with Gasteiger partial charge in [-0.15, -0.1) is 11.3 Å². The van der Waals surface area contributed by atoms with Crippen LogP contribution in [-0.2, 0) is 0 Å². The molecule has 0 bridgehead atoms. The SMILES string of the molecule is Cc1ncccc1Oc1cccc(-c2csc(NC3=NCCCN3)n2)n1. The number of hydrogen-bond acceptors (Lipinski definition) is 8. The lowest BCUT2D eigenvalue weighted by Gasteiger charge is -2.14. The van der Waals surface area contributed by atoms with E-state index >= 15 is 0 Å². The molecule has 26 heavy (non-hydrogen) atoms. The maximum absolute atomic E-state index is 5.86. The average Bonchev–Trinajstić information content (AvgIpc) is 3.13. The highest BCUT2D eigenvalue weighted by Crippen LogP contribution is 2.27. The quantitative estimate of drug-likeness (QED) is 0.736. The molecular weight excluding hydrogens is 348 g/mol. The van der Waals surface area contributed by atoms with E-state index in [-0.39, 0.29) is 0 Å². The van der Waals surface area contributed by atoms with E-state index in [9.17, 15) is 0 Å². The smallest absolute Gasteiger partial charge is 0.219 e. The lowest BCUT2D eigenvalue weighted by molar-refractivity contribution is 0.457. The van der Waals surface area contributed by atoms with E-state index in [2.05, 4.69) is 30.6 Å². The van der Waals surface area contributed by atoms with Crippen molar-refractivity contribution in [3.63, 3.8) is 0 Å². The number of thiazole rings is 1. The fourth-order valence-corrected chi connectivity index (χ4v) is 3.17. The topological polar surface area (TPSA) is 84.3 Å². The Kier molecular flexibility index (Phi) is 4.74. The van der Waals surface area contributed by atoms with E-state index in [1.54, 1.807) is 6.20 Å². The summed E-state index contributed by atoms with van der Waals surface area (Å²) in [6.07, 6.45) is 2.79. The number of anilines is 1. The summed E-state index contributed by atoms with van der Waals surface area (Å²) in [7, 11) is 0. The van der Waals surface area contributed by atoms with Gasteiger partial charge in [-0.25, -0.2) is 9.97 Å². The standard InChI is InChI=1S/C18H18N6OS/c1-12-15(6-3-8-19-12)25-16-7-2-5-13(22-16)14-11-26-18(23-14)24-17-20-9-4-10-21-17/h2-3,5-8,11H,4,9-10H2,1H3,(H2,20,21,23,24). The third kappa shape index (κ3) is 3.80. The number of pyridine rings is 2. The number of aryl methyl sites for hydroxylation is 1. The van der Waals surface area contributed by atoms with Crippen molar-refractivity contribution in [1.29, 1.82) is 0 Å². The van der Waals surface area contributed by atoms with Gasteiger partial charge in [-0.3, -0.25) is 9.98 Å². The molecule has 0 aromatic carbocycles. The molecule has 8 heteroatoms. The van der Waals surface area contributed by atoms with Crippen molar-refractivity contribution in [2.24, 2.45) is 4.99 Å². The number of aromatic nitrogens is 3. The maximum Gasteiger partial charge on any atom is 0.219 e. The van der Waals surface area contributed by atoms with Crippen molar-refractivity contribution in [3.05, 3.63) is 47.6 Å². The molecule has 1 aliphatic rings. The number of aliphatic imine (C=N–C) groups is 1. The fourth-order valence-electron chi connectivity index (χ4n) is 2.47. The second-order valence-electron chi connectivity index (χ2n) is 5.72. The van der Waals surface area contributed by atoms with Crippen LogP contribution in [0.25, 0.3) is 11.4 Å². The predicted molar refractivity (Wildman–Crippen MR) is 103 cm³/mol. The second-order valence-corrected chi connectivity index (χ2v) is 6.58. The highest BCUT2D eigenvalue weighted by atomic mass is 32.1. The van der Waals surface area contributed by atoms with Crippen molar-refractivity contribution in [2.75, 3.05) is 18.4 Å². The summed E-state index contributed by atoms with van der Waals surface area (Å²) in [5.74, 6) is 1.98. The van der Waals surface area contributed by atoms with Gasteiger partial charge in [0.15, 0.2) is 16.8 Å². The van der Waals surface area contributed by atoms with Crippen LogP contribution in [0.3, 0.4) is 0 Å². The Morgan fingerprint density at radius 3 is 2.96 bits per heavy atom. The van der Waals surface area contributed by atoms with Gasteiger partial charge in [0.05, 0.1) is 11.4 Å². The predicted octanol–water partition coefficient (Wildman–Crippen LogP) is 3.46. The van der Waals surface area contributed by atoms with Gasteiger partial charge >= 0.3 is 0 Å². The summed E-state index contributed by atoms with van der Waals surface area (Å²) >= 11 is 1.52. The molecule has 4 heterocycles. The maximum atomic E-state index is 5.86. The van der Waals surface area contributed by atoms with Gasteiger partial charge in [-0.05, 0) is 31.5 Å². The van der Waals surface area contributed by atoms with Gasteiger partial charge in [-0.1, -0.05) is 6.07 Å². The monoisotopic (exact) mass is 366 g/mol. The first kappa shape index (κ1) is 16.5. The molecule has 0 spiro atoms. The highest BCUT2D eigenvalue weighted by molar-refractivity contribution is 7.14. The van der Waals surface area contributed by atoms with Crippen LogP contribution in [0.1, 0.15) is 12.1 Å². The molecule has 0 aliphatic carbocycles.